The molecule has 1 fully saturated rings. The molecule has 0 radical (unpaired) electrons. The third kappa shape index (κ3) is 2.70. The monoisotopic (exact) mass is 221 g/mol. The quantitative estimate of drug-likeness (QED) is 0.776. The maximum atomic E-state index is 11.7. The molecule has 16 heavy (non-hydrogen) atoms. The molecule has 3 N–H and O–H groups in total. The van der Waals surface area contributed by atoms with Crippen molar-refractivity contribution in [3.05, 3.63) is 23.9 Å². The highest BCUT2D eigenvalue weighted by atomic mass is 16.5. The van der Waals surface area contributed by atoms with Crippen molar-refractivity contribution < 1.29 is 9.53 Å². The summed E-state index contributed by atoms with van der Waals surface area (Å²) in [5.74, 6) is 0.681. The predicted molar refractivity (Wildman–Crippen MR) is 59.9 cm³/mol. The summed E-state index contributed by atoms with van der Waals surface area (Å²) < 4.78 is 5.23. The molecule has 1 aromatic rings. The number of nitrogens with zero attached hydrogens (tertiary/aromatic N) is 1. The van der Waals surface area contributed by atoms with Gasteiger partial charge in [-0.3, -0.25) is 4.79 Å². The number of rotatable bonds is 3. The van der Waals surface area contributed by atoms with Gasteiger partial charge in [0, 0.05) is 30.8 Å². The van der Waals surface area contributed by atoms with Crippen LogP contribution in [0.15, 0.2) is 18.3 Å². The van der Waals surface area contributed by atoms with Gasteiger partial charge in [-0.2, -0.15) is 0 Å². The molecule has 0 saturated carbocycles. The van der Waals surface area contributed by atoms with Gasteiger partial charge in [0.1, 0.15) is 5.82 Å². The Hall–Kier alpha value is -1.62. The predicted octanol–water partition coefficient (Wildman–Crippen LogP) is 0.430. The van der Waals surface area contributed by atoms with Gasteiger partial charge < -0.3 is 15.8 Å². The van der Waals surface area contributed by atoms with Crippen LogP contribution in [0.1, 0.15) is 16.8 Å². The number of pyridine rings is 1. The van der Waals surface area contributed by atoms with Crippen molar-refractivity contribution in [3.63, 3.8) is 0 Å². The number of hydrogen-bond donors (Lipinski definition) is 2. The van der Waals surface area contributed by atoms with Crippen LogP contribution in [0, 0.1) is 5.92 Å². The van der Waals surface area contributed by atoms with Crippen molar-refractivity contribution in [2.45, 2.75) is 6.42 Å². The highest BCUT2D eigenvalue weighted by molar-refractivity contribution is 5.94. The minimum Gasteiger partial charge on any atom is -0.384 e. The van der Waals surface area contributed by atoms with Gasteiger partial charge in [-0.25, -0.2) is 4.98 Å². The first kappa shape index (κ1) is 10.9. The van der Waals surface area contributed by atoms with Crippen LogP contribution in [0.4, 0.5) is 5.82 Å². The number of carbonyl (C=O) groups is 1. The Kier molecular flexibility index (Phi) is 3.36. The highest BCUT2D eigenvalue weighted by Gasteiger charge is 2.16. The van der Waals surface area contributed by atoms with Crippen LogP contribution in [0.5, 0.6) is 0 Å². The molecular formula is C11H15N3O2. The van der Waals surface area contributed by atoms with E-state index in [4.69, 9.17) is 10.5 Å². The summed E-state index contributed by atoms with van der Waals surface area (Å²) in [7, 11) is 0. The largest absolute Gasteiger partial charge is 0.384 e. The summed E-state index contributed by atoms with van der Waals surface area (Å²) in [5, 5.41) is 2.87. The first-order chi connectivity index (χ1) is 7.75. The number of anilines is 1. The average Bonchev–Trinajstić information content (AvgIpc) is 2.78. The van der Waals surface area contributed by atoms with Crippen molar-refractivity contribution in [2.24, 2.45) is 5.92 Å². The molecule has 0 spiro atoms. The van der Waals surface area contributed by atoms with E-state index >= 15 is 0 Å². The second-order valence-corrected chi connectivity index (χ2v) is 3.91. The number of amides is 1. The first-order valence-corrected chi connectivity index (χ1v) is 5.33. The van der Waals surface area contributed by atoms with E-state index in [1.54, 1.807) is 12.1 Å². The van der Waals surface area contributed by atoms with E-state index in [0.29, 0.717) is 23.8 Å². The molecule has 86 valence electrons. The SMILES string of the molecule is Nc1cc(C(=O)NCC2CCOC2)ccn1. The number of carbonyl (C=O) groups excluding carboxylic acids is 1. The summed E-state index contributed by atoms with van der Waals surface area (Å²) in [6.07, 6.45) is 2.54. The zero-order valence-electron chi connectivity index (χ0n) is 8.98. The minimum atomic E-state index is -0.110. The third-order valence-corrected chi connectivity index (χ3v) is 2.62. The topological polar surface area (TPSA) is 77.2 Å². The number of nitrogens with two attached hydrogens (primary N) is 1. The standard InChI is InChI=1S/C11H15N3O2/c12-10-5-9(1-3-13-10)11(15)14-6-8-2-4-16-7-8/h1,3,5,8H,2,4,6-7H2,(H2,12,13)(H,14,15). The fourth-order valence-corrected chi connectivity index (χ4v) is 1.67. The molecule has 5 nitrogen and oxygen atoms in total. The summed E-state index contributed by atoms with van der Waals surface area (Å²) >= 11 is 0. The molecule has 1 aliphatic heterocycles. The molecule has 1 saturated heterocycles. The van der Waals surface area contributed by atoms with Gasteiger partial charge in [-0.1, -0.05) is 0 Å². The first-order valence-electron chi connectivity index (χ1n) is 5.33. The second kappa shape index (κ2) is 4.94. The van der Waals surface area contributed by atoms with Gasteiger partial charge in [-0.15, -0.1) is 0 Å². The molecule has 2 heterocycles. The lowest BCUT2D eigenvalue weighted by atomic mass is 10.1. The van der Waals surface area contributed by atoms with Crippen molar-refractivity contribution in [2.75, 3.05) is 25.5 Å². The van der Waals surface area contributed by atoms with Crippen LogP contribution in [0.2, 0.25) is 0 Å². The maximum Gasteiger partial charge on any atom is 0.251 e. The lowest BCUT2D eigenvalue weighted by Gasteiger charge is -2.09. The van der Waals surface area contributed by atoms with Gasteiger partial charge in [0.2, 0.25) is 0 Å². The third-order valence-electron chi connectivity index (χ3n) is 2.62. The van der Waals surface area contributed by atoms with Crippen LogP contribution in [0.25, 0.3) is 0 Å². The zero-order chi connectivity index (χ0) is 11.4. The van der Waals surface area contributed by atoms with E-state index in [9.17, 15) is 4.79 Å². The van der Waals surface area contributed by atoms with Crippen LogP contribution in [0.3, 0.4) is 0 Å². The fourth-order valence-electron chi connectivity index (χ4n) is 1.67. The second-order valence-electron chi connectivity index (χ2n) is 3.91. The van der Waals surface area contributed by atoms with Crippen LogP contribution >= 0.6 is 0 Å². The molecule has 1 aromatic heterocycles. The Morgan fingerprint density at radius 1 is 1.69 bits per heavy atom. The van der Waals surface area contributed by atoms with E-state index < -0.39 is 0 Å². The maximum absolute atomic E-state index is 11.7. The van der Waals surface area contributed by atoms with Gasteiger partial charge >= 0.3 is 0 Å². The normalized spacial score (nSPS) is 19.6. The number of nitrogens with one attached hydrogen (secondary N) is 1. The van der Waals surface area contributed by atoms with Gasteiger partial charge in [0.05, 0.1) is 6.61 Å². The van der Waals surface area contributed by atoms with Crippen molar-refractivity contribution in [3.8, 4) is 0 Å². The molecule has 1 aliphatic rings. The Balaban J connectivity index is 1.87. The van der Waals surface area contributed by atoms with E-state index in [0.717, 1.165) is 19.6 Å². The van der Waals surface area contributed by atoms with E-state index in [-0.39, 0.29) is 5.91 Å². The summed E-state index contributed by atoms with van der Waals surface area (Å²) in [4.78, 5) is 15.6. The molecule has 1 atom stereocenters. The van der Waals surface area contributed by atoms with Gasteiger partial charge in [-0.05, 0) is 18.6 Å². The van der Waals surface area contributed by atoms with Crippen molar-refractivity contribution in [1.29, 1.82) is 0 Å². The summed E-state index contributed by atoms with van der Waals surface area (Å²) in [5.41, 5.74) is 6.05. The molecule has 1 unspecified atom stereocenters. The van der Waals surface area contributed by atoms with Crippen molar-refractivity contribution in [1.82, 2.24) is 10.3 Å². The van der Waals surface area contributed by atoms with Gasteiger partial charge in [0.15, 0.2) is 0 Å². The Labute approximate surface area is 94.0 Å². The Bertz CT molecular complexity index is 375. The molecule has 1 amide bonds. The number of nitrogen functional groups attached to an aromatic ring is 1. The Morgan fingerprint density at radius 3 is 3.25 bits per heavy atom. The molecule has 0 aliphatic carbocycles. The zero-order valence-corrected chi connectivity index (χ0v) is 8.98. The van der Waals surface area contributed by atoms with Crippen LogP contribution < -0.4 is 11.1 Å². The van der Waals surface area contributed by atoms with E-state index in [1.807, 2.05) is 0 Å². The van der Waals surface area contributed by atoms with Gasteiger partial charge in [0.25, 0.3) is 5.91 Å². The van der Waals surface area contributed by atoms with E-state index in [2.05, 4.69) is 10.3 Å². The molecule has 0 aromatic carbocycles. The summed E-state index contributed by atoms with van der Waals surface area (Å²) in [6.45, 7) is 2.18. The molecule has 5 heteroatoms. The lowest BCUT2D eigenvalue weighted by Crippen LogP contribution is -2.29. The lowest BCUT2D eigenvalue weighted by molar-refractivity contribution is 0.0945. The fraction of sp³-hybridized carbons (Fsp3) is 0.455. The van der Waals surface area contributed by atoms with Crippen LogP contribution in [-0.4, -0.2) is 30.6 Å². The Morgan fingerprint density at radius 2 is 2.56 bits per heavy atom. The highest BCUT2D eigenvalue weighted by Crippen LogP contribution is 2.11. The van der Waals surface area contributed by atoms with E-state index in [1.165, 1.54) is 6.20 Å². The minimum absolute atomic E-state index is 0.110. The number of hydrogen-bond acceptors (Lipinski definition) is 4. The number of ether oxygens (including phenoxy) is 1. The van der Waals surface area contributed by atoms with Crippen LogP contribution in [-0.2, 0) is 4.74 Å². The molecule has 2 rings (SSSR count). The van der Waals surface area contributed by atoms with Crippen molar-refractivity contribution >= 4 is 11.7 Å². The average molecular weight is 221 g/mol. The number of aromatic nitrogens is 1. The summed E-state index contributed by atoms with van der Waals surface area (Å²) in [6, 6.07) is 3.22. The smallest absolute Gasteiger partial charge is 0.251 e. The molecular weight excluding hydrogens is 206 g/mol. The molecule has 0 bridgehead atoms.